The largest absolute Gasteiger partial charge is 0.452 e. The summed E-state index contributed by atoms with van der Waals surface area (Å²) in [6.45, 7) is 8.01. The Kier molecular flexibility index (Phi) is 3.17. The fourth-order valence-corrected chi connectivity index (χ4v) is 2.56. The van der Waals surface area contributed by atoms with E-state index in [1.807, 2.05) is 64.1 Å². The van der Waals surface area contributed by atoms with Gasteiger partial charge in [-0.3, -0.25) is 4.79 Å². The Balaban J connectivity index is 2.13. The van der Waals surface area contributed by atoms with Crippen LogP contribution >= 0.6 is 0 Å². The third-order valence-electron chi connectivity index (χ3n) is 4.07. The van der Waals surface area contributed by atoms with E-state index < -0.39 is 0 Å². The number of aryl methyl sites for hydroxylation is 4. The van der Waals surface area contributed by atoms with Crippen LogP contribution in [0.15, 0.2) is 40.8 Å². The Morgan fingerprint density at radius 1 is 0.905 bits per heavy atom. The first-order valence-electron chi connectivity index (χ1n) is 7.09. The molecule has 2 nitrogen and oxygen atoms in total. The van der Waals surface area contributed by atoms with Gasteiger partial charge in [0.2, 0.25) is 5.78 Å². The van der Waals surface area contributed by atoms with Crippen LogP contribution in [0.5, 0.6) is 0 Å². The van der Waals surface area contributed by atoms with Gasteiger partial charge < -0.3 is 4.42 Å². The van der Waals surface area contributed by atoms with Crippen molar-refractivity contribution in [3.05, 3.63) is 70.0 Å². The number of furan rings is 1. The standard InChI is InChI=1S/C19H18O2/c1-11-5-8-16-14(4)19(21-17(16)9-11)18(20)15-7-6-12(2)13(3)10-15/h5-10H,1-4H3. The molecule has 0 N–H and O–H groups in total. The maximum absolute atomic E-state index is 12.7. The number of hydrogen-bond donors (Lipinski definition) is 0. The first-order valence-corrected chi connectivity index (χ1v) is 7.09. The second kappa shape index (κ2) is 4.88. The summed E-state index contributed by atoms with van der Waals surface area (Å²) in [5, 5.41) is 1.01. The lowest BCUT2D eigenvalue weighted by Crippen LogP contribution is -2.02. The predicted octanol–water partition coefficient (Wildman–Crippen LogP) is 4.90. The maximum atomic E-state index is 12.7. The number of carbonyl (C=O) groups is 1. The second-order valence-electron chi connectivity index (χ2n) is 5.68. The average molecular weight is 278 g/mol. The van der Waals surface area contributed by atoms with E-state index in [1.165, 1.54) is 5.56 Å². The maximum Gasteiger partial charge on any atom is 0.228 e. The summed E-state index contributed by atoms with van der Waals surface area (Å²) in [5.41, 5.74) is 5.79. The van der Waals surface area contributed by atoms with E-state index in [-0.39, 0.29) is 5.78 Å². The number of rotatable bonds is 2. The fourth-order valence-electron chi connectivity index (χ4n) is 2.56. The van der Waals surface area contributed by atoms with Gasteiger partial charge in [-0.2, -0.15) is 0 Å². The minimum absolute atomic E-state index is 0.0514. The SMILES string of the molecule is Cc1ccc2c(C)c(C(=O)c3ccc(C)c(C)c3)oc2c1. The number of ketones is 1. The van der Waals surface area contributed by atoms with Crippen molar-refractivity contribution in [2.24, 2.45) is 0 Å². The van der Waals surface area contributed by atoms with Gasteiger partial charge in [-0.15, -0.1) is 0 Å². The van der Waals surface area contributed by atoms with Crippen molar-refractivity contribution in [1.82, 2.24) is 0 Å². The topological polar surface area (TPSA) is 30.2 Å². The van der Waals surface area contributed by atoms with Gasteiger partial charge in [-0.25, -0.2) is 0 Å². The summed E-state index contributed by atoms with van der Waals surface area (Å²) in [6.07, 6.45) is 0. The van der Waals surface area contributed by atoms with Gasteiger partial charge in [-0.05, 0) is 56.5 Å². The third kappa shape index (κ3) is 2.27. The molecule has 1 aromatic heterocycles. The molecule has 3 aromatic rings. The quantitative estimate of drug-likeness (QED) is 0.624. The molecule has 0 saturated carbocycles. The second-order valence-corrected chi connectivity index (χ2v) is 5.68. The van der Waals surface area contributed by atoms with Crippen LogP contribution in [0.2, 0.25) is 0 Å². The molecule has 0 amide bonds. The summed E-state index contributed by atoms with van der Waals surface area (Å²) in [4.78, 5) is 12.7. The Morgan fingerprint density at radius 3 is 2.38 bits per heavy atom. The van der Waals surface area contributed by atoms with Gasteiger partial charge in [0.15, 0.2) is 5.76 Å². The van der Waals surface area contributed by atoms with Crippen LogP contribution < -0.4 is 0 Å². The monoisotopic (exact) mass is 278 g/mol. The summed E-state index contributed by atoms with van der Waals surface area (Å²) in [6, 6.07) is 11.8. The molecule has 0 saturated heterocycles. The molecule has 0 fully saturated rings. The molecule has 0 aliphatic carbocycles. The van der Waals surface area contributed by atoms with E-state index >= 15 is 0 Å². The zero-order valence-corrected chi connectivity index (χ0v) is 12.8. The van der Waals surface area contributed by atoms with Crippen molar-refractivity contribution in [3.8, 4) is 0 Å². The lowest BCUT2D eigenvalue weighted by Gasteiger charge is -2.03. The zero-order valence-electron chi connectivity index (χ0n) is 12.8. The van der Waals surface area contributed by atoms with Crippen molar-refractivity contribution in [2.75, 3.05) is 0 Å². The lowest BCUT2D eigenvalue weighted by molar-refractivity contribution is 0.101. The van der Waals surface area contributed by atoms with Crippen LogP contribution in [0.4, 0.5) is 0 Å². The van der Waals surface area contributed by atoms with E-state index in [0.717, 1.165) is 27.7 Å². The molecule has 106 valence electrons. The van der Waals surface area contributed by atoms with Crippen molar-refractivity contribution in [3.63, 3.8) is 0 Å². The molecule has 2 aromatic carbocycles. The van der Waals surface area contributed by atoms with E-state index in [1.54, 1.807) is 0 Å². The zero-order chi connectivity index (χ0) is 15.1. The van der Waals surface area contributed by atoms with E-state index in [2.05, 4.69) is 0 Å². The minimum Gasteiger partial charge on any atom is -0.452 e. The third-order valence-corrected chi connectivity index (χ3v) is 4.07. The van der Waals surface area contributed by atoms with Crippen LogP contribution in [-0.4, -0.2) is 5.78 Å². The summed E-state index contributed by atoms with van der Waals surface area (Å²) in [7, 11) is 0. The highest BCUT2D eigenvalue weighted by atomic mass is 16.3. The Bertz CT molecular complexity index is 853. The number of hydrogen-bond acceptors (Lipinski definition) is 2. The molecule has 0 radical (unpaired) electrons. The number of benzene rings is 2. The van der Waals surface area contributed by atoms with Crippen LogP contribution in [0.3, 0.4) is 0 Å². The number of fused-ring (bicyclic) bond motifs is 1. The molecular weight excluding hydrogens is 260 g/mol. The highest BCUT2D eigenvalue weighted by Gasteiger charge is 2.19. The summed E-state index contributed by atoms with van der Waals surface area (Å²) >= 11 is 0. The molecule has 0 aliphatic heterocycles. The van der Waals surface area contributed by atoms with Gasteiger partial charge in [0.1, 0.15) is 5.58 Å². The Morgan fingerprint density at radius 2 is 1.67 bits per heavy atom. The molecular formula is C19H18O2. The molecule has 21 heavy (non-hydrogen) atoms. The molecule has 0 atom stereocenters. The average Bonchev–Trinajstić information content (AvgIpc) is 2.77. The van der Waals surface area contributed by atoms with Gasteiger partial charge in [0, 0.05) is 16.5 Å². The van der Waals surface area contributed by atoms with Crippen molar-refractivity contribution in [1.29, 1.82) is 0 Å². The van der Waals surface area contributed by atoms with Crippen LogP contribution in [0.1, 0.15) is 38.4 Å². The molecule has 2 heteroatoms. The Labute approximate surface area is 124 Å². The van der Waals surface area contributed by atoms with E-state index in [9.17, 15) is 4.79 Å². The van der Waals surface area contributed by atoms with Crippen molar-refractivity contribution in [2.45, 2.75) is 27.7 Å². The van der Waals surface area contributed by atoms with Gasteiger partial charge in [0.05, 0.1) is 0 Å². The van der Waals surface area contributed by atoms with Crippen LogP contribution in [0, 0.1) is 27.7 Å². The fraction of sp³-hybridized carbons (Fsp3) is 0.211. The molecule has 3 rings (SSSR count). The highest BCUT2D eigenvalue weighted by Crippen LogP contribution is 2.28. The molecule has 0 spiro atoms. The molecule has 0 aliphatic rings. The normalized spacial score (nSPS) is 11.0. The Hall–Kier alpha value is -2.35. The van der Waals surface area contributed by atoms with Gasteiger partial charge in [-0.1, -0.05) is 24.3 Å². The number of carbonyl (C=O) groups excluding carboxylic acids is 1. The van der Waals surface area contributed by atoms with Crippen molar-refractivity contribution < 1.29 is 9.21 Å². The lowest BCUT2D eigenvalue weighted by atomic mass is 10.0. The van der Waals surface area contributed by atoms with Crippen LogP contribution in [0.25, 0.3) is 11.0 Å². The molecule has 0 unspecified atom stereocenters. The molecule has 0 bridgehead atoms. The summed E-state index contributed by atoms with van der Waals surface area (Å²) in [5.74, 6) is 0.392. The minimum atomic E-state index is -0.0514. The van der Waals surface area contributed by atoms with E-state index in [0.29, 0.717) is 11.3 Å². The highest BCUT2D eigenvalue weighted by molar-refractivity contribution is 6.10. The van der Waals surface area contributed by atoms with E-state index in [4.69, 9.17) is 4.42 Å². The summed E-state index contributed by atoms with van der Waals surface area (Å²) < 4.78 is 5.82. The smallest absolute Gasteiger partial charge is 0.228 e. The van der Waals surface area contributed by atoms with Crippen molar-refractivity contribution >= 4 is 16.8 Å². The predicted molar refractivity (Wildman–Crippen MR) is 85.0 cm³/mol. The van der Waals surface area contributed by atoms with Crippen LogP contribution in [-0.2, 0) is 0 Å². The first-order chi connectivity index (χ1) is 9.97. The van der Waals surface area contributed by atoms with Gasteiger partial charge >= 0.3 is 0 Å². The van der Waals surface area contributed by atoms with Gasteiger partial charge in [0.25, 0.3) is 0 Å². The first kappa shape index (κ1) is 13.6. The molecule has 1 heterocycles.